The zero-order valence-electron chi connectivity index (χ0n) is 27.2. The average molecular weight is 565 g/mol. The number of para-hydroxylation sites is 2. The Morgan fingerprint density at radius 3 is 1.40 bits per heavy atom. The predicted octanol–water partition coefficient (Wildman–Crippen LogP) is 11.9. The van der Waals surface area contributed by atoms with Gasteiger partial charge in [0.15, 0.2) is 0 Å². The third kappa shape index (κ3) is 14.7. The molecule has 0 unspecified atom stereocenters. The average Bonchev–Trinajstić information content (AvgIpc) is 3.01. The summed E-state index contributed by atoms with van der Waals surface area (Å²) in [5.41, 5.74) is 7.05. The molecule has 0 atom stereocenters. The molecule has 226 valence electrons. The smallest absolute Gasteiger partial charge is 0.0666 e. The minimum absolute atomic E-state index is 0.879. The SMILES string of the molecule is CCCC#CCCc1ccccc1N=C(CCCC)C(CCCCCCCC)=Nc1ccccc1CCC#CCCC. The van der Waals surface area contributed by atoms with Crippen molar-refractivity contribution in [2.75, 3.05) is 0 Å². The molecule has 0 aliphatic carbocycles. The first kappa shape index (κ1) is 35.1. The van der Waals surface area contributed by atoms with E-state index in [0.717, 1.165) is 101 Å². The maximum absolute atomic E-state index is 5.40. The fraction of sp³-hybridized carbons (Fsp3) is 0.550. The Hall–Kier alpha value is -3.10. The number of benzene rings is 2. The zero-order chi connectivity index (χ0) is 30.1. The Balaban J connectivity index is 2.43. The van der Waals surface area contributed by atoms with E-state index in [1.54, 1.807) is 0 Å². The van der Waals surface area contributed by atoms with E-state index in [-0.39, 0.29) is 0 Å². The predicted molar refractivity (Wildman–Crippen MR) is 187 cm³/mol. The van der Waals surface area contributed by atoms with Gasteiger partial charge < -0.3 is 0 Å². The number of hydrogen-bond acceptors (Lipinski definition) is 2. The largest absolute Gasteiger partial charge is 0.251 e. The lowest BCUT2D eigenvalue weighted by Crippen LogP contribution is -2.15. The zero-order valence-corrected chi connectivity index (χ0v) is 27.2. The molecule has 2 nitrogen and oxygen atoms in total. The second-order valence-corrected chi connectivity index (χ2v) is 11.2. The summed E-state index contributed by atoms with van der Waals surface area (Å²) < 4.78 is 0. The number of aliphatic imine (C=N–C) groups is 2. The van der Waals surface area contributed by atoms with Gasteiger partial charge in [-0.15, -0.1) is 23.7 Å². The molecule has 0 aliphatic rings. The second kappa shape index (κ2) is 23.5. The van der Waals surface area contributed by atoms with Crippen LogP contribution in [0.5, 0.6) is 0 Å². The van der Waals surface area contributed by atoms with Crippen LogP contribution in [0.2, 0.25) is 0 Å². The molecule has 0 saturated carbocycles. The summed E-state index contributed by atoms with van der Waals surface area (Å²) in [7, 11) is 0. The Morgan fingerprint density at radius 1 is 0.476 bits per heavy atom. The highest BCUT2D eigenvalue weighted by atomic mass is 14.8. The monoisotopic (exact) mass is 564 g/mol. The molecular formula is C40H56N2. The van der Waals surface area contributed by atoms with Gasteiger partial charge in [0.2, 0.25) is 0 Å². The Morgan fingerprint density at radius 2 is 0.905 bits per heavy atom. The molecule has 2 rings (SSSR count). The molecule has 42 heavy (non-hydrogen) atoms. The Bertz CT molecular complexity index is 1200. The number of aryl methyl sites for hydroxylation is 2. The van der Waals surface area contributed by atoms with Crippen molar-refractivity contribution in [3.05, 3.63) is 59.7 Å². The summed E-state index contributed by atoms with van der Waals surface area (Å²) in [5, 5.41) is 0. The van der Waals surface area contributed by atoms with Gasteiger partial charge in [0.1, 0.15) is 0 Å². The van der Waals surface area contributed by atoms with Crippen molar-refractivity contribution in [2.45, 2.75) is 143 Å². The maximum atomic E-state index is 5.40. The summed E-state index contributed by atoms with van der Waals surface area (Å²) in [6.07, 6.45) is 19.7. The van der Waals surface area contributed by atoms with Crippen LogP contribution in [0.3, 0.4) is 0 Å². The van der Waals surface area contributed by atoms with Crippen molar-refractivity contribution >= 4 is 22.8 Å². The molecule has 2 aromatic rings. The molecule has 0 spiro atoms. The lowest BCUT2D eigenvalue weighted by molar-refractivity contribution is 0.616. The quantitative estimate of drug-likeness (QED) is 0.0921. The van der Waals surface area contributed by atoms with Gasteiger partial charge in [-0.05, 0) is 74.6 Å². The minimum Gasteiger partial charge on any atom is -0.251 e. The second-order valence-electron chi connectivity index (χ2n) is 11.2. The van der Waals surface area contributed by atoms with E-state index >= 15 is 0 Å². The van der Waals surface area contributed by atoms with E-state index in [0.29, 0.717) is 0 Å². The van der Waals surface area contributed by atoms with Crippen LogP contribution in [0, 0.1) is 23.7 Å². The van der Waals surface area contributed by atoms with Crippen molar-refractivity contribution in [2.24, 2.45) is 9.98 Å². The van der Waals surface area contributed by atoms with Gasteiger partial charge in [-0.1, -0.05) is 103 Å². The summed E-state index contributed by atoms with van der Waals surface area (Å²) in [5.74, 6) is 13.3. The molecule has 0 aliphatic heterocycles. The maximum Gasteiger partial charge on any atom is 0.0666 e. The molecule has 2 heteroatoms. The summed E-state index contributed by atoms with van der Waals surface area (Å²) in [4.78, 5) is 10.8. The van der Waals surface area contributed by atoms with E-state index in [1.165, 1.54) is 48.9 Å². The molecule has 0 saturated heterocycles. The van der Waals surface area contributed by atoms with Crippen LogP contribution in [0.15, 0.2) is 58.5 Å². The van der Waals surface area contributed by atoms with Gasteiger partial charge in [0, 0.05) is 25.7 Å². The lowest BCUT2D eigenvalue weighted by Gasteiger charge is -2.14. The van der Waals surface area contributed by atoms with Crippen LogP contribution in [-0.4, -0.2) is 11.4 Å². The van der Waals surface area contributed by atoms with Gasteiger partial charge in [-0.25, -0.2) is 0 Å². The molecule has 0 N–H and O–H groups in total. The number of rotatable bonds is 19. The minimum atomic E-state index is 0.879. The molecule has 2 aromatic carbocycles. The van der Waals surface area contributed by atoms with E-state index in [1.807, 2.05) is 0 Å². The third-order valence-corrected chi connectivity index (χ3v) is 7.40. The fourth-order valence-corrected chi connectivity index (χ4v) is 4.90. The van der Waals surface area contributed by atoms with Crippen molar-refractivity contribution < 1.29 is 0 Å². The van der Waals surface area contributed by atoms with Crippen molar-refractivity contribution in [1.82, 2.24) is 0 Å². The van der Waals surface area contributed by atoms with Gasteiger partial charge in [0.05, 0.1) is 22.8 Å². The topological polar surface area (TPSA) is 24.7 Å². The van der Waals surface area contributed by atoms with Crippen LogP contribution in [0.4, 0.5) is 11.4 Å². The molecule has 0 bridgehead atoms. The standard InChI is InChI=1S/C40H56N2/c1-5-9-13-16-19-22-34-40(42-38-33-26-24-30-36(38)28-21-18-15-11-7-3)39(31-12-8-4)41-37-32-25-23-29-35(37)27-20-17-14-10-6-2/h23-26,29-30,32-33H,5-13,16,19-22,27-28,31,34H2,1-4H3. The van der Waals surface area contributed by atoms with Crippen LogP contribution >= 0.6 is 0 Å². The first-order valence-corrected chi connectivity index (χ1v) is 17.0. The highest BCUT2D eigenvalue weighted by Gasteiger charge is 2.13. The molecule has 0 radical (unpaired) electrons. The Labute approximate surface area is 258 Å². The van der Waals surface area contributed by atoms with E-state index in [2.05, 4.69) is 99.9 Å². The van der Waals surface area contributed by atoms with E-state index in [9.17, 15) is 0 Å². The van der Waals surface area contributed by atoms with Gasteiger partial charge in [-0.2, -0.15) is 0 Å². The molecule has 0 amide bonds. The summed E-state index contributed by atoms with van der Waals surface area (Å²) in [6, 6.07) is 17.3. The molecule has 0 heterocycles. The highest BCUT2D eigenvalue weighted by Crippen LogP contribution is 2.25. The third-order valence-electron chi connectivity index (χ3n) is 7.40. The number of nitrogens with zero attached hydrogens (tertiary/aromatic N) is 2. The van der Waals surface area contributed by atoms with Crippen molar-refractivity contribution in [3.63, 3.8) is 0 Å². The van der Waals surface area contributed by atoms with E-state index in [4.69, 9.17) is 9.98 Å². The normalized spacial score (nSPS) is 11.5. The van der Waals surface area contributed by atoms with Crippen LogP contribution in [0.25, 0.3) is 0 Å². The number of unbranched alkanes of at least 4 members (excludes halogenated alkanes) is 8. The highest BCUT2D eigenvalue weighted by molar-refractivity contribution is 6.43. The van der Waals surface area contributed by atoms with E-state index < -0.39 is 0 Å². The van der Waals surface area contributed by atoms with Crippen molar-refractivity contribution in [3.8, 4) is 23.7 Å². The van der Waals surface area contributed by atoms with Gasteiger partial charge >= 0.3 is 0 Å². The lowest BCUT2D eigenvalue weighted by atomic mass is 10.00. The van der Waals surface area contributed by atoms with Gasteiger partial charge in [-0.3, -0.25) is 9.98 Å². The summed E-state index contributed by atoms with van der Waals surface area (Å²) in [6.45, 7) is 8.91. The molecule has 0 aromatic heterocycles. The fourth-order valence-electron chi connectivity index (χ4n) is 4.90. The van der Waals surface area contributed by atoms with Crippen molar-refractivity contribution in [1.29, 1.82) is 0 Å². The number of hydrogen-bond donors (Lipinski definition) is 0. The van der Waals surface area contributed by atoms with Crippen LogP contribution < -0.4 is 0 Å². The van der Waals surface area contributed by atoms with Gasteiger partial charge in [0.25, 0.3) is 0 Å². The van der Waals surface area contributed by atoms with Crippen LogP contribution in [0.1, 0.15) is 142 Å². The Kier molecular flexibility index (Phi) is 19.6. The first-order valence-electron chi connectivity index (χ1n) is 17.0. The summed E-state index contributed by atoms with van der Waals surface area (Å²) >= 11 is 0. The molecular weight excluding hydrogens is 508 g/mol. The van der Waals surface area contributed by atoms with Crippen LogP contribution in [-0.2, 0) is 12.8 Å². The molecule has 0 fully saturated rings. The first-order chi connectivity index (χ1) is 20.7.